The average Bonchev–Trinajstić information content (AvgIpc) is 2.53. The van der Waals surface area contributed by atoms with Gasteiger partial charge in [-0.15, -0.1) is 11.3 Å². The summed E-state index contributed by atoms with van der Waals surface area (Å²) in [6.07, 6.45) is 0. The fourth-order valence-corrected chi connectivity index (χ4v) is 1.32. The van der Waals surface area contributed by atoms with Gasteiger partial charge in [0.2, 0.25) is 5.91 Å². The van der Waals surface area contributed by atoms with Crippen LogP contribution in [-0.4, -0.2) is 16.8 Å². The van der Waals surface area contributed by atoms with E-state index in [1.54, 1.807) is 17.5 Å². The summed E-state index contributed by atoms with van der Waals surface area (Å²) in [5.74, 6) is 4.27. The first kappa shape index (κ1) is 8.89. The average molecular weight is 184 g/mol. The van der Waals surface area contributed by atoms with Crippen LogP contribution in [0.25, 0.3) is 0 Å². The van der Waals surface area contributed by atoms with Gasteiger partial charge in [-0.25, -0.2) is 10.9 Å². The molecule has 0 aliphatic rings. The summed E-state index contributed by atoms with van der Waals surface area (Å²) < 4.78 is 0. The van der Waals surface area contributed by atoms with Gasteiger partial charge in [-0.05, 0) is 11.4 Å². The van der Waals surface area contributed by atoms with E-state index < -0.39 is 11.8 Å². The Kier molecular flexibility index (Phi) is 2.57. The number of thiophene rings is 1. The van der Waals surface area contributed by atoms with Gasteiger partial charge in [0.15, 0.2) is 0 Å². The van der Waals surface area contributed by atoms with Crippen molar-refractivity contribution in [2.45, 2.75) is 6.92 Å². The summed E-state index contributed by atoms with van der Waals surface area (Å²) >= 11 is 1.25. The second-order valence-corrected chi connectivity index (χ2v) is 3.12. The molecule has 4 nitrogen and oxygen atoms in total. The summed E-state index contributed by atoms with van der Waals surface area (Å²) in [6, 6.07) is 3.35. The van der Waals surface area contributed by atoms with Crippen LogP contribution in [0.2, 0.25) is 0 Å². The van der Waals surface area contributed by atoms with Gasteiger partial charge in [0.25, 0.3) is 5.91 Å². The van der Waals surface area contributed by atoms with Crippen LogP contribution in [0, 0.1) is 0 Å². The zero-order chi connectivity index (χ0) is 9.14. The molecule has 0 aliphatic heterocycles. The fourth-order valence-electron chi connectivity index (χ4n) is 0.662. The molecule has 5 heteroatoms. The fraction of sp³-hybridized carbons (Fsp3) is 0.143. The Morgan fingerprint density at radius 2 is 2.25 bits per heavy atom. The third-order valence-corrected chi connectivity index (χ3v) is 2.15. The van der Waals surface area contributed by atoms with E-state index in [0.717, 1.165) is 0 Å². The summed E-state index contributed by atoms with van der Waals surface area (Å²) in [5, 5.41) is 2.35. The molecule has 12 heavy (non-hydrogen) atoms. The van der Waals surface area contributed by atoms with Gasteiger partial charge in [-0.2, -0.15) is 0 Å². The van der Waals surface area contributed by atoms with E-state index in [1.807, 2.05) is 0 Å². The number of carbonyl (C=O) groups excluding carboxylic acids is 2. The highest BCUT2D eigenvalue weighted by Crippen LogP contribution is 2.09. The Bertz CT molecular complexity index is 294. The minimum atomic E-state index is -0.464. The summed E-state index contributed by atoms with van der Waals surface area (Å²) in [7, 11) is 0. The lowest BCUT2D eigenvalue weighted by Crippen LogP contribution is -2.40. The number of rotatable bonds is 1. The van der Waals surface area contributed by atoms with Crippen LogP contribution in [0.15, 0.2) is 17.5 Å². The predicted molar refractivity (Wildman–Crippen MR) is 45.4 cm³/mol. The quantitative estimate of drug-likeness (QED) is 0.395. The Hall–Kier alpha value is -1.20. The molecule has 1 aromatic heterocycles. The molecular weight excluding hydrogens is 176 g/mol. The Morgan fingerprint density at radius 1 is 1.58 bits per heavy atom. The molecule has 0 saturated heterocycles. The van der Waals surface area contributed by atoms with Crippen molar-refractivity contribution in [3.8, 4) is 0 Å². The maximum atomic E-state index is 11.2. The minimum Gasteiger partial charge on any atom is -0.273 e. The number of hydrazine groups is 1. The molecule has 0 fully saturated rings. The van der Waals surface area contributed by atoms with E-state index in [2.05, 4.69) is 0 Å². The Labute approximate surface area is 73.6 Å². The molecule has 1 heterocycles. The van der Waals surface area contributed by atoms with Crippen molar-refractivity contribution in [1.29, 1.82) is 0 Å². The second-order valence-electron chi connectivity index (χ2n) is 2.17. The van der Waals surface area contributed by atoms with Crippen molar-refractivity contribution < 1.29 is 9.59 Å². The molecule has 0 radical (unpaired) electrons. The summed E-state index contributed by atoms with van der Waals surface area (Å²) in [6.45, 7) is 1.24. The molecule has 0 aromatic carbocycles. The lowest BCUT2D eigenvalue weighted by Gasteiger charge is -2.09. The van der Waals surface area contributed by atoms with Crippen LogP contribution in [0.5, 0.6) is 0 Å². The van der Waals surface area contributed by atoms with Crippen LogP contribution >= 0.6 is 11.3 Å². The van der Waals surface area contributed by atoms with E-state index in [9.17, 15) is 9.59 Å². The van der Waals surface area contributed by atoms with Crippen LogP contribution in [-0.2, 0) is 4.79 Å². The first-order valence-electron chi connectivity index (χ1n) is 3.26. The molecule has 0 atom stereocenters. The molecule has 0 aliphatic carbocycles. The molecule has 2 N–H and O–H groups in total. The Balaban J connectivity index is 2.79. The van der Waals surface area contributed by atoms with Crippen LogP contribution in [0.3, 0.4) is 0 Å². The van der Waals surface area contributed by atoms with Gasteiger partial charge >= 0.3 is 0 Å². The standard InChI is InChI=1S/C7H8N2O2S/c1-5(10)9(8)7(11)6-3-2-4-12-6/h2-4H,8H2,1H3. The molecular formula is C7H8N2O2S. The lowest BCUT2D eigenvalue weighted by molar-refractivity contribution is -0.126. The number of amides is 2. The Morgan fingerprint density at radius 3 is 2.67 bits per heavy atom. The maximum absolute atomic E-state index is 11.2. The highest BCUT2D eigenvalue weighted by molar-refractivity contribution is 7.12. The second kappa shape index (κ2) is 3.46. The largest absolute Gasteiger partial charge is 0.284 e. The smallest absolute Gasteiger partial charge is 0.273 e. The first-order chi connectivity index (χ1) is 5.63. The zero-order valence-electron chi connectivity index (χ0n) is 6.48. The van der Waals surface area contributed by atoms with Gasteiger partial charge in [-0.1, -0.05) is 6.07 Å². The monoisotopic (exact) mass is 184 g/mol. The molecule has 2 amide bonds. The van der Waals surface area contributed by atoms with Crippen molar-refractivity contribution >= 4 is 23.2 Å². The van der Waals surface area contributed by atoms with Crippen LogP contribution in [0.1, 0.15) is 16.6 Å². The highest BCUT2D eigenvalue weighted by Gasteiger charge is 2.16. The summed E-state index contributed by atoms with van der Waals surface area (Å²) in [5.41, 5.74) is 0. The molecule has 0 saturated carbocycles. The SMILES string of the molecule is CC(=O)N(N)C(=O)c1cccs1. The number of carbonyl (C=O) groups is 2. The van der Waals surface area contributed by atoms with Gasteiger partial charge in [0.05, 0.1) is 4.88 Å². The van der Waals surface area contributed by atoms with Crippen molar-refractivity contribution in [3.05, 3.63) is 22.4 Å². The number of hydrogen-bond donors (Lipinski definition) is 1. The normalized spacial score (nSPS) is 9.50. The molecule has 64 valence electrons. The highest BCUT2D eigenvalue weighted by atomic mass is 32.1. The molecule has 1 rings (SSSR count). The topological polar surface area (TPSA) is 63.4 Å². The predicted octanol–water partition coefficient (Wildman–Crippen LogP) is 0.611. The third kappa shape index (κ3) is 1.69. The lowest BCUT2D eigenvalue weighted by atomic mass is 10.4. The van der Waals surface area contributed by atoms with E-state index in [4.69, 9.17) is 5.84 Å². The third-order valence-electron chi connectivity index (χ3n) is 1.29. The van der Waals surface area contributed by atoms with Gasteiger partial charge in [-0.3, -0.25) is 9.59 Å². The minimum absolute atomic E-state index is 0.461. The maximum Gasteiger partial charge on any atom is 0.284 e. The number of nitrogens with zero attached hydrogens (tertiary/aromatic N) is 1. The van der Waals surface area contributed by atoms with Crippen molar-refractivity contribution in [3.63, 3.8) is 0 Å². The van der Waals surface area contributed by atoms with Crippen molar-refractivity contribution in [2.24, 2.45) is 5.84 Å². The van der Waals surface area contributed by atoms with E-state index in [-0.39, 0.29) is 0 Å². The van der Waals surface area contributed by atoms with E-state index in [0.29, 0.717) is 9.89 Å². The molecule has 1 aromatic rings. The van der Waals surface area contributed by atoms with Crippen molar-refractivity contribution in [2.75, 3.05) is 0 Å². The number of hydrogen-bond acceptors (Lipinski definition) is 4. The van der Waals surface area contributed by atoms with Crippen molar-refractivity contribution in [1.82, 2.24) is 5.01 Å². The van der Waals surface area contributed by atoms with Crippen LogP contribution in [0.4, 0.5) is 0 Å². The van der Waals surface area contributed by atoms with Gasteiger partial charge < -0.3 is 0 Å². The summed E-state index contributed by atoms with van der Waals surface area (Å²) in [4.78, 5) is 22.4. The number of nitrogens with two attached hydrogens (primary N) is 1. The van der Waals surface area contributed by atoms with E-state index in [1.165, 1.54) is 18.3 Å². The van der Waals surface area contributed by atoms with Gasteiger partial charge in [0.1, 0.15) is 0 Å². The molecule has 0 spiro atoms. The number of imide groups is 1. The zero-order valence-corrected chi connectivity index (χ0v) is 7.30. The first-order valence-corrected chi connectivity index (χ1v) is 4.14. The van der Waals surface area contributed by atoms with Crippen LogP contribution < -0.4 is 5.84 Å². The van der Waals surface area contributed by atoms with Gasteiger partial charge in [0, 0.05) is 6.92 Å². The molecule has 0 unspecified atom stereocenters. The van der Waals surface area contributed by atoms with E-state index >= 15 is 0 Å². The molecule has 0 bridgehead atoms.